The molecular weight excluding hydrogens is 503 g/mol. The van der Waals surface area contributed by atoms with Gasteiger partial charge in [0.25, 0.3) is 0 Å². The van der Waals surface area contributed by atoms with Crippen LogP contribution in [0.15, 0.2) is 97.2 Å². The van der Waals surface area contributed by atoms with Crippen LogP contribution in [0, 0.1) is 0 Å². The van der Waals surface area contributed by atoms with Crippen molar-refractivity contribution in [2.45, 2.75) is 25.6 Å². The van der Waals surface area contributed by atoms with Crippen molar-refractivity contribution in [3.8, 4) is 28.1 Å². The Morgan fingerprint density at radius 2 is 1.64 bits per heavy atom. The third kappa shape index (κ3) is 5.95. The summed E-state index contributed by atoms with van der Waals surface area (Å²) in [5, 5.41) is 2.75. The summed E-state index contributed by atoms with van der Waals surface area (Å²) in [4.78, 5) is 17.6. The Balaban J connectivity index is 1.40. The molecule has 198 valence electrons. The van der Waals surface area contributed by atoms with E-state index in [0.717, 1.165) is 51.6 Å². The van der Waals surface area contributed by atoms with Crippen LogP contribution in [-0.4, -0.2) is 22.4 Å². The number of rotatable bonds is 8. The van der Waals surface area contributed by atoms with E-state index < -0.39 is 11.7 Å². The third-order valence-electron chi connectivity index (χ3n) is 6.52. The number of hydrogen-bond donors (Lipinski definition) is 1. The van der Waals surface area contributed by atoms with E-state index in [1.807, 2.05) is 77.3 Å². The maximum Gasteiger partial charge on any atom is 0.416 e. The molecule has 5 aromatic rings. The standard InChI is InChI=1S/C31H26F3N3O2/c1-39-26-13-10-23(11-14-26)30-27(37-20-24(12-16-28(37)36-30)22-7-3-2-4-8-22)15-17-29(38)35-19-21-6-5-9-25(18-21)31(32,33)34/h2-14,16,18,20H,15,17,19H2,1H3,(H,35,38). The Hall–Kier alpha value is -4.59. The van der Waals surface area contributed by atoms with Gasteiger partial charge in [-0.2, -0.15) is 13.2 Å². The molecule has 1 amide bonds. The average molecular weight is 530 g/mol. The number of halogens is 3. The first-order chi connectivity index (χ1) is 18.8. The Labute approximate surface area is 223 Å². The number of aryl methyl sites for hydroxylation is 1. The summed E-state index contributed by atoms with van der Waals surface area (Å²) in [6.45, 7) is 0.0133. The Morgan fingerprint density at radius 1 is 0.897 bits per heavy atom. The monoisotopic (exact) mass is 529 g/mol. The molecule has 0 radical (unpaired) electrons. The predicted molar refractivity (Wildman–Crippen MR) is 144 cm³/mol. The maximum absolute atomic E-state index is 13.0. The van der Waals surface area contributed by atoms with Gasteiger partial charge in [-0.15, -0.1) is 0 Å². The lowest BCUT2D eigenvalue weighted by atomic mass is 10.1. The molecular formula is C31H26F3N3O2. The van der Waals surface area contributed by atoms with Crippen molar-refractivity contribution < 1.29 is 22.7 Å². The summed E-state index contributed by atoms with van der Waals surface area (Å²) in [5.41, 5.74) is 4.98. The summed E-state index contributed by atoms with van der Waals surface area (Å²) in [7, 11) is 1.61. The molecule has 5 rings (SSSR count). The largest absolute Gasteiger partial charge is 0.497 e. The number of alkyl halides is 3. The zero-order valence-corrected chi connectivity index (χ0v) is 21.2. The van der Waals surface area contributed by atoms with Crippen molar-refractivity contribution in [2.75, 3.05) is 7.11 Å². The fourth-order valence-corrected chi connectivity index (χ4v) is 4.49. The zero-order chi connectivity index (χ0) is 27.4. The van der Waals surface area contributed by atoms with Crippen LogP contribution in [0.2, 0.25) is 0 Å². The highest BCUT2D eigenvalue weighted by Gasteiger charge is 2.30. The topological polar surface area (TPSA) is 55.6 Å². The van der Waals surface area contributed by atoms with E-state index in [9.17, 15) is 18.0 Å². The summed E-state index contributed by atoms with van der Waals surface area (Å²) in [5.74, 6) is 0.464. The SMILES string of the molecule is COc1ccc(-c2nc3ccc(-c4ccccc4)cn3c2CCC(=O)NCc2cccc(C(F)(F)F)c2)cc1. The number of fused-ring (bicyclic) bond motifs is 1. The number of benzene rings is 3. The first kappa shape index (κ1) is 26.0. The van der Waals surface area contributed by atoms with Crippen LogP contribution in [0.4, 0.5) is 13.2 Å². The number of hydrogen-bond acceptors (Lipinski definition) is 3. The van der Waals surface area contributed by atoms with Crippen molar-refractivity contribution >= 4 is 11.6 Å². The summed E-state index contributed by atoms with van der Waals surface area (Å²) in [6.07, 6.45) is -1.89. The molecule has 0 aliphatic heterocycles. The van der Waals surface area contributed by atoms with Crippen LogP contribution in [0.5, 0.6) is 5.75 Å². The highest BCUT2D eigenvalue weighted by Crippen LogP contribution is 2.31. The number of nitrogens with zero attached hydrogens (tertiary/aromatic N) is 2. The number of ether oxygens (including phenoxy) is 1. The van der Waals surface area contributed by atoms with Crippen LogP contribution in [0.3, 0.4) is 0 Å². The summed E-state index contributed by atoms with van der Waals surface area (Å²) < 4.78 is 46.4. The second-order valence-electron chi connectivity index (χ2n) is 9.12. The van der Waals surface area contributed by atoms with E-state index in [2.05, 4.69) is 5.32 Å². The average Bonchev–Trinajstić information content (AvgIpc) is 3.33. The Kier molecular flexibility index (Phi) is 7.36. The van der Waals surface area contributed by atoms with Gasteiger partial charge in [-0.25, -0.2) is 4.98 Å². The molecule has 0 atom stereocenters. The molecule has 5 nitrogen and oxygen atoms in total. The fourth-order valence-electron chi connectivity index (χ4n) is 4.49. The van der Waals surface area contributed by atoms with Gasteiger partial charge in [0.05, 0.1) is 24.1 Å². The van der Waals surface area contributed by atoms with Gasteiger partial charge >= 0.3 is 6.18 Å². The van der Waals surface area contributed by atoms with Crippen LogP contribution in [0.1, 0.15) is 23.2 Å². The van der Waals surface area contributed by atoms with Gasteiger partial charge in [-0.3, -0.25) is 4.79 Å². The van der Waals surface area contributed by atoms with Gasteiger partial charge in [0.1, 0.15) is 11.4 Å². The smallest absolute Gasteiger partial charge is 0.416 e. The molecule has 0 unspecified atom stereocenters. The van der Waals surface area contributed by atoms with Gasteiger partial charge in [0.15, 0.2) is 0 Å². The van der Waals surface area contributed by atoms with Crippen LogP contribution in [0.25, 0.3) is 28.0 Å². The number of amides is 1. The second kappa shape index (κ2) is 11.0. The number of carbonyl (C=O) groups is 1. The van der Waals surface area contributed by atoms with Crippen molar-refractivity contribution in [3.05, 3.63) is 114 Å². The van der Waals surface area contributed by atoms with Crippen molar-refractivity contribution in [2.24, 2.45) is 0 Å². The number of carbonyl (C=O) groups excluding carboxylic acids is 1. The Bertz CT molecular complexity index is 1590. The molecule has 0 saturated heterocycles. The minimum absolute atomic E-state index is 0.0133. The van der Waals surface area contributed by atoms with Gasteiger partial charge < -0.3 is 14.5 Å². The number of imidazole rings is 1. The normalized spacial score (nSPS) is 11.5. The van der Waals surface area contributed by atoms with E-state index >= 15 is 0 Å². The number of aromatic nitrogens is 2. The van der Waals surface area contributed by atoms with E-state index in [4.69, 9.17) is 9.72 Å². The fraction of sp³-hybridized carbons (Fsp3) is 0.161. The van der Waals surface area contributed by atoms with Crippen molar-refractivity contribution in [1.29, 1.82) is 0 Å². The quantitative estimate of drug-likeness (QED) is 0.237. The van der Waals surface area contributed by atoms with Crippen LogP contribution >= 0.6 is 0 Å². The van der Waals surface area contributed by atoms with Gasteiger partial charge in [0, 0.05) is 24.7 Å². The van der Waals surface area contributed by atoms with Crippen molar-refractivity contribution in [1.82, 2.24) is 14.7 Å². The highest BCUT2D eigenvalue weighted by molar-refractivity contribution is 5.77. The molecule has 2 heterocycles. The van der Waals surface area contributed by atoms with E-state index in [-0.39, 0.29) is 18.9 Å². The molecule has 0 saturated carbocycles. The number of pyridine rings is 1. The minimum Gasteiger partial charge on any atom is -0.497 e. The lowest BCUT2D eigenvalue weighted by molar-refractivity contribution is -0.137. The molecule has 0 spiro atoms. The molecule has 0 fully saturated rings. The number of methoxy groups -OCH3 is 1. The van der Waals surface area contributed by atoms with Gasteiger partial charge in [-0.1, -0.05) is 42.5 Å². The van der Waals surface area contributed by atoms with E-state index in [1.165, 1.54) is 6.07 Å². The molecule has 3 aromatic carbocycles. The van der Waals surface area contributed by atoms with Crippen molar-refractivity contribution in [3.63, 3.8) is 0 Å². The van der Waals surface area contributed by atoms with E-state index in [0.29, 0.717) is 12.0 Å². The molecule has 8 heteroatoms. The predicted octanol–water partition coefficient (Wildman–Crippen LogP) is 6.94. The first-order valence-electron chi connectivity index (χ1n) is 12.5. The Morgan fingerprint density at radius 3 is 2.36 bits per heavy atom. The lowest BCUT2D eigenvalue weighted by Crippen LogP contribution is -2.23. The van der Waals surface area contributed by atoms with Gasteiger partial charge in [0.2, 0.25) is 5.91 Å². The van der Waals surface area contributed by atoms with Crippen LogP contribution in [-0.2, 0) is 23.9 Å². The summed E-state index contributed by atoms with van der Waals surface area (Å²) in [6, 6.07) is 26.5. The molecule has 39 heavy (non-hydrogen) atoms. The molecule has 2 aromatic heterocycles. The van der Waals surface area contributed by atoms with Gasteiger partial charge in [-0.05, 0) is 71.6 Å². The second-order valence-corrected chi connectivity index (χ2v) is 9.12. The maximum atomic E-state index is 13.0. The number of nitrogens with one attached hydrogen (secondary N) is 1. The van der Waals surface area contributed by atoms with E-state index in [1.54, 1.807) is 13.2 Å². The molecule has 0 aliphatic rings. The first-order valence-corrected chi connectivity index (χ1v) is 12.5. The minimum atomic E-state index is -4.43. The molecule has 0 aliphatic carbocycles. The van der Waals surface area contributed by atoms with Crippen LogP contribution < -0.4 is 10.1 Å². The summed E-state index contributed by atoms with van der Waals surface area (Å²) >= 11 is 0. The third-order valence-corrected chi connectivity index (χ3v) is 6.52. The zero-order valence-electron chi connectivity index (χ0n) is 21.2. The molecule has 0 bridgehead atoms. The highest BCUT2D eigenvalue weighted by atomic mass is 19.4. The lowest BCUT2D eigenvalue weighted by Gasteiger charge is -2.10. The molecule has 1 N–H and O–H groups in total.